The van der Waals surface area contributed by atoms with Crippen LogP contribution in [-0.4, -0.2) is 28.9 Å². The molecular weight excluding hydrogens is 322 g/mol. The molecule has 2 aromatic carbocycles. The maximum absolute atomic E-state index is 12.6. The number of likely N-dealkylation sites (tertiary alicyclic amines) is 1. The molecule has 4 heteroatoms. The molecule has 2 aliphatic rings. The molecule has 1 saturated heterocycles. The summed E-state index contributed by atoms with van der Waals surface area (Å²) in [7, 11) is 0. The molecule has 0 aliphatic carbocycles. The van der Waals surface area contributed by atoms with Gasteiger partial charge in [-0.15, -0.1) is 0 Å². The van der Waals surface area contributed by atoms with Crippen LogP contribution >= 0.6 is 0 Å². The third kappa shape index (κ3) is 3.37. The third-order valence-corrected chi connectivity index (χ3v) is 5.34. The van der Waals surface area contributed by atoms with Crippen molar-refractivity contribution in [2.75, 3.05) is 18.4 Å². The monoisotopic (exact) mass is 347 g/mol. The van der Waals surface area contributed by atoms with Crippen LogP contribution in [0.3, 0.4) is 0 Å². The highest BCUT2D eigenvalue weighted by Gasteiger charge is 2.26. The number of benzene rings is 2. The zero-order valence-corrected chi connectivity index (χ0v) is 15.1. The number of nitrogens with one attached hydrogen (secondary N) is 1. The second-order valence-corrected chi connectivity index (χ2v) is 7.11. The van der Waals surface area contributed by atoms with Gasteiger partial charge in [0.25, 0.3) is 0 Å². The quantitative estimate of drug-likeness (QED) is 0.871. The van der Waals surface area contributed by atoms with E-state index in [4.69, 9.17) is 0 Å². The van der Waals surface area contributed by atoms with Crippen molar-refractivity contribution >= 4 is 17.4 Å². The van der Waals surface area contributed by atoms with E-state index in [1.54, 1.807) is 4.90 Å². The zero-order chi connectivity index (χ0) is 17.9. The molecule has 134 valence electrons. The molecule has 4 rings (SSSR count). The van der Waals surface area contributed by atoms with Gasteiger partial charge in [-0.3, -0.25) is 9.80 Å². The van der Waals surface area contributed by atoms with Gasteiger partial charge in [-0.25, -0.2) is 4.79 Å². The van der Waals surface area contributed by atoms with Gasteiger partial charge in [-0.1, -0.05) is 55.5 Å². The summed E-state index contributed by atoms with van der Waals surface area (Å²) in [4.78, 5) is 16.9. The first-order valence-corrected chi connectivity index (χ1v) is 9.38. The summed E-state index contributed by atoms with van der Waals surface area (Å²) in [5.74, 6) is 0. The van der Waals surface area contributed by atoms with E-state index in [9.17, 15) is 4.79 Å². The smallest absolute Gasteiger partial charge is 0.307 e. The summed E-state index contributed by atoms with van der Waals surface area (Å²) < 4.78 is 0. The summed E-state index contributed by atoms with van der Waals surface area (Å²) in [5, 5.41) is 2.98. The van der Waals surface area contributed by atoms with E-state index >= 15 is 0 Å². The Morgan fingerprint density at radius 1 is 0.885 bits per heavy atom. The number of rotatable bonds is 4. The van der Waals surface area contributed by atoms with Gasteiger partial charge in [0.1, 0.15) is 0 Å². The lowest BCUT2D eigenvalue weighted by Gasteiger charge is -2.32. The molecule has 26 heavy (non-hydrogen) atoms. The molecule has 2 aromatic rings. The lowest BCUT2D eigenvalue weighted by atomic mass is 10.0. The highest BCUT2D eigenvalue weighted by atomic mass is 16.2. The van der Waals surface area contributed by atoms with Gasteiger partial charge in [0.05, 0.1) is 12.2 Å². The highest BCUT2D eigenvalue weighted by Crippen LogP contribution is 2.32. The number of nitrogens with zero attached hydrogens (tertiary/aromatic N) is 2. The number of piperidine rings is 1. The predicted octanol–water partition coefficient (Wildman–Crippen LogP) is 4.69. The Morgan fingerprint density at radius 2 is 1.54 bits per heavy atom. The first kappa shape index (κ1) is 16.9. The van der Waals surface area contributed by atoms with Crippen molar-refractivity contribution < 1.29 is 4.79 Å². The summed E-state index contributed by atoms with van der Waals surface area (Å²) in [6, 6.07) is 16.2. The van der Waals surface area contributed by atoms with Gasteiger partial charge in [0.15, 0.2) is 0 Å². The van der Waals surface area contributed by atoms with Crippen molar-refractivity contribution in [2.24, 2.45) is 0 Å². The van der Waals surface area contributed by atoms with Crippen LogP contribution in [0.2, 0.25) is 0 Å². The largest absolute Gasteiger partial charge is 0.326 e. The molecule has 0 unspecified atom stereocenters. The van der Waals surface area contributed by atoms with Crippen LogP contribution in [-0.2, 0) is 13.1 Å². The summed E-state index contributed by atoms with van der Waals surface area (Å²) in [6.07, 6.45) is 3.90. The maximum Gasteiger partial charge on any atom is 0.326 e. The fraction of sp³-hybridized carbons (Fsp3) is 0.318. The van der Waals surface area contributed by atoms with Crippen LogP contribution < -0.4 is 5.32 Å². The predicted molar refractivity (Wildman–Crippen MR) is 106 cm³/mol. The fourth-order valence-electron chi connectivity index (χ4n) is 3.86. The minimum atomic E-state index is -0.110. The number of carbonyl (C=O) groups is 1. The second-order valence-electron chi connectivity index (χ2n) is 7.11. The van der Waals surface area contributed by atoms with E-state index in [2.05, 4.69) is 35.0 Å². The van der Waals surface area contributed by atoms with Crippen LogP contribution in [0.15, 0.2) is 55.1 Å². The Morgan fingerprint density at radius 3 is 2.31 bits per heavy atom. The lowest BCUT2D eigenvalue weighted by molar-refractivity contribution is 0.218. The number of anilines is 1. The highest BCUT2D eigenvalue weighted by molar-refractivity contribution is 6.02. The molecule has 0 saturated carbocycles. The molecule has 0 aromatic heterocycles. The number of urea groups is 1. The third-order valence-electron chi connectivity index (χ3n) is 5.34. The first-order valence-electron chi connectivity index (χ1n) is 9.38. The normalized spacial score (nSPS) is 17.8. The Hall–Kier alpha value is -2.59. The van der Waals surface area contributed by atoms with Crippen LogP contribution in [0.5, 0.6) is 0 Å². The van der Waals surface area contributed by atoms with Crippen LogP contribution in [0.4, 0.5) is 10.5 Å². The van der Waals surface area contributed by atoms with Gasteiger partial charge >= 0.3 is 6.03 Å². The first-order chi connectivity index (χ1) is 12.7. The van der Waals surface area contributed by atoms with Gasteiger partial charge in [-0.05, 0) is 43.1 Å². The molecule has 0 atom stereocenters. The minimum Gasteiger partial charge on any atom is -0.307 e. The fourth-order valence-corrected chi connectivity index (χ4v) is 3.86. The Balaban J connectivity index is 1.55. The molecule has 0 radical (unpaired) electrons. The van der Waals surface area contributed by atoms with E-state index in [1.165, 1.54) is 43.5 Å². The summed E-state index contributed by atoms with van der Waals surface area (Å²) in [6.45, 7) is 8.01. The molecule has 1 fully saturated rings. The van der Waals surface area contributed by atoms with E-state index in [0.29, 0.717) is 6.54 Å². The SMILES string of the molecule is C=C1c2ccccc2NC(=O)N1Cc1ccccc1CN1CCCCC1. The second kappa shape index (κ2) is 7.34. The Kier molecular flexibility index (Phi) is 4.76. The van der Waals surface area contributed by atoms with Crippen LogP contribution in [0, 0.1) is 0 Å². The van der Waals surface area contributed by atoms with E-state index in [0.717, 1.165) is 23.5 Å². The number of carbonyl (C=O) groups excluding carboxylic acids is 1. The number of fused-ring (bicyclic) bond motifs is 1. The van der Waals surface area contributed by atoms with Gasteiger partial charge < -0.3 is 5.32 Å². The van der Waals surface area contributed by atoms with Crippen molar-refractivity contribution in [3.8, 4) is 0 Å². The standard InChI is InChI=1S/C22H25N3O/c1-17-20-11-5-6-12-21(20)23-22(26)25(17)16-19-10-4-3-9-18(19)15-24-13-7-2-8-14-24/h3-6,9-12H,1-2,7-8,13-16H2,(H,23,26). The van der Waals surface area contributed by atoms with Crippen molar-refractivity contribution in [1.29, 1.82) is 0 Å². The molecule has 0 spiro atoms. The van der Waals surface area contributed by atoms with Crippen molar-refractivity contribution in [1.82, 2.24) is 9.80 Å². The van der Waals surface area contributed by atoms with Crippen LogP contribution in [0.25, 0.3) is 5.70 Å². The van der Waals surface area contributed by atoms with E-state index in [-0.39, 0.29) is 6.03 Å². The zero-order valence-electron chi connectivity index (χ0n) is 15.1. The summed E-state index contributed by atoms with van der Waals surface area (Å²) in [5.41, 5.74) is 5.07. The van der Waals surface area contributed by atoms with E-state index in [1.807, 2.05) is 30.3 Å². The average Bonchev–Trinajstić information content (AvgIpc) is 2.67. The van der Waals surface area contributed by atoms with Gasteiger partial charge in [0.2, 0.25) is 0 Å². The summed E-state index contributed by atoms with van der Waals surface area (Å²) >= 11 is 0. The topological polar surface area (TPSA) is 35.6 Å². The van der Waals surface area contributed by atoms with Gasteiger partial charge in [-0.2, -0.15) is 0 Å². The molecule has 2 heterocycles. The van der Waals surface area contributed by atoms with Crippen LogP contribution in [0.1, 0.15) is 36.0 Å². The molecule has 2 amide bonds. The number of para-hydroxylation sites is 1. The Bertz CT molecular complexity index is 824. The molecule has 0 bridgehead atoms. The number of hydrogen-bond donors (Lipinski definition) is 1. The minimum absolute atomic E-state index is 0.110. The number of hydrogen-bond acceptors (Lipinski definition) is 2. The molecule has 1 N–H and O–H groups in total. The van der Waals surface area contributed by atoms with Gasteiger partial charge in [0, 0.05) is 17.8 Å². The number of amides is 2. The average molecular weight is 347 g/mol. The Labute approximate surface area is 155 Å². The molecule has 4 nitrogen and oxygen atoms in total. The van der Waals surface area contributed by atoms with E-state index < -0.39 is 0 Å². The molecule has 2 aliphatic heterocycles. The van der Waals surface area contributed by atoms with Crippen molar-refractivity contribution in [3.05, 3.63) is 71.8 Å². The van der Waals surface area contributed by atoms with Crippen molar-refractivity contribution in [3.63, 3.8) is 0 Å². The van der Waals surface area contributed by atoms with Crippen molar-refractivity contribution in [2.45, 2.75) is 32.4 Å². The maximum atomic E-state index is 12.6. The molecular formula is C22H25N3O. The lowest BCUT2D eigenvalue weighted by Crippen LogP contribution is -2.37.